The van der Waals surface area contributed by atoms with Gasteiger partial charge in [0.1, 0.15) is 0 Å². The molecule has 0 bridgehead atoms. The maximum absolute atomic E-state index is 11.1. The predicted octanol–water partition coefficient (Wildman–Crippen LogP) is -0.465. The lowest BCUT2D eigenvalue weighted by Gasteiger charge is -2.15. The van der Waals surface area contributed by atoms with Crippen LogP contribution in [-0.4, -0.2) is 32.2 Å². The van der Waals surface area contributed by atoms with Gasteiger partial charge in [0.05, 0.1) is 6.54 Å². The lowest BCUT2D eigenvalue weighted by Crippen LogP contribution is -2.22. The summed E-state index contributed by atoms with van der Waals surface area (Å²) in [4.78, 5) is 15.7. The molecule has 2 heterocycles. The van der Waals surface area contributed by atoms with Crippen molar-refractivity contribution >= 4 is 5.95 Å². The Bertz CT molecular complexity index is 531. The molecule has 7 nitrogen and oxygen atoms in total. The van der Waals surface area contributed by atoms with E-state index in [1.165, 1.54) is 6.07 Å². The van der Waals surface area contributed by atoms with Crippen LogP contribution in [0.25, 0.3) is 0 Å². The van der Waals surface area contributed by atoms with Gasteiger partial charge in [-0.2, -0.15) is 0 Å². The lowest BCUT2D eigenvalue weighted by molar-refractivity contribution is 0.694. The Morgan fingerprint density at radius 2 is 2.31 bits per heavy atom. The highest BCUT2D eigenvalue weighted by Crippen LogP contribution is 2.07. The molecule has 84 valence electrons. The number of hydrogen-bond donors (Lipinski definition) is 1. The second kappa shape index (κ2) is 4.13. The zero-order valence-corrected chi connectivity index (χ0v) is 9.08. The molecule has 0 aliphatic rings. The third kappa shape index (κ3) is 2.08. The molecule has 0 saturated carbocycles. The van der Waals surface area contributed by atoms with Gasteiger partial charge in [-0.05, 0) is 16.5 Å². The standard InChI is InChI=1S/C9H12N6O/c1-14(9-11-12-13-15(9)2)6-7-4-3-5-8(16)10-7/h3-5H,6H2,1-2H3,(H,10,16). The Hall–Kier alpha value is -2.18. The minimum atomic E-state index is -0.109. The fourth-order valence-electron chi connectivity index (χ4n) is 1.46. The maximum atomic E-state index is 11.1. The van der Waals surface area contributed by atoms with Crippen molar-refractivity contribution in [1.82, 2.24) is 25.2 Å². The second-order valence-electron chi connectivity index (χ2n) is 3.50. The molecule has 2 aromatic rings. The summed E-state index contributed by atoms with van der Waals surface area (Å²) in [5.74, 6) is 0.643. The van der Waals surface area contributed by atoms with Crippen molar-refractivity contribution in [3.05, 3.63) is 34.2 Å². The number of aryl methyl sites for hydroxylation is 1. The highest BCUT2D eigenvalue weighted by Gasteiger charge is 2.08. The van der Waals surface area contributed by atoms with Gasteiger partial charge in [-0.15, -0.1) is 0 Å². The van der Waals surface area contributed by atoms with E-state index in [1.807, 2.05) is 18.0 Å². The molecule has 0 atom stereocenters. The SMILES string of the molecule is CN(Cc1cccc(=O)[nH]1)c1nnnn1C. The summed E-state index contributed by atoms with van der Waals surface area (Å²) in [6.45, 7) is 0.546. The molecule has 7 heteroatoms. The van der Waals surface area contributed by atoms with Gasteiger partial charge in [0.15, 0.2) is 0 Å². The number of rotatable bonds is 3. The Balaban J connectivity index is 2.17. The Labute approximate surface area is 91.7 Å². The fraction of sp³-hybridized carbons (Fsp3) is 0.333. The molecule has 16 heavy (non-hydrogen) atoms. The summed E-state index contributed by atoms with van der Waals surface area (Å²) >= 11 is 0. The normalized spacial score (nSPS) is 10.4. The molecule has 2 aromatic heterocycles. The van der Waals surface area contributed by atoms with Crippen LogP contribution in [-0.2, 0) is 13.6 Å². The first-order chi connectivity index (χ1) is 7.66. The van der Waals surface area contributed by atoms with Crippen LogP contribution in [0, 0.1) is 0 Å². The summed E-state index contributed by atoms with van der Waals surface area (Å²) in [6.07, 6.45) is 0. The minimum absolute atomic E-state index is 0.109. The minimum Gasteiger partial charge on any atom is -0.337 e. The van der Waals surface area contributed by atoms with Crippen molar-refractivity contribution in [3.8, 4) is 0 Å². The zero-order chi connectivity index (χ0) is 11.5. The molecule has 0 amide bonds. The van der Waals surface area contributed by atoms with Gasteiger partial charge in [-0.3, -0.25) is 4.79 Å². The van der Waals surface area contributed by atoms with E-state index in [-0.39, 0.29) is 5.56 Å². The van der Waals surface area contributed by atoms with Crippen LogP contribution in [0.4, 0.5) is 5.95 Å². The maximum Gasteiger partial charge on any atom is 0.248 e. The van der Waals surface area contributed by atoms with Crippen LogP contribution in [0.3, 0.4) is 0 Å². The molecular weight excluding hydrogens is 208 g/mol. The molecule has 0 aliphatic carbocycles. The molecule has 0 spiro atoms. The Morgan fingerprint density at radius 3 is 2.94 bits per heavy atom. The number of nitrogens with zero attached hydrogens (tertiary/aromatic N) is 5. The predicted molar refractivity (Wildman–Crippen MR) is 58.0 cm³/mol. The molecule has 0 radical (unpaired) electrons. The van der Waals surface area contributed by atoms with Crippen molar-refractivity contribution in [1.29, 1.82) is 0 Å². The summed E-state index contributed by atoms with van der Waals surface area (Å²) < 4.78 is 1.57. The number of nitrogens with one attached hydrogen (secondary N) is 1. The van der Waals surface area contributed by atoms with Gasteiger partial charge in [-0.25, -0.2) is 4.68 Å². The molecule has 0 saturated heterocycles. The molecule has 0 unspecified atom stereocenters. The summed E-state index contributed by atoms with van der Waals surface area (Å²) in [5.41, 5.74) is 0.708. The van der Waals surface area contributed by atoms with Crippen LogP contribution in [0.5, 0.6) is 0 Å². The molecule has 2 rings (SSSR count). The van der Waals surface area contributed by atoms with Gasteiger partial charge in [0.25, 0.3) is 0 Å². The number of tetrazole rings is 1. The van der Waals surface area contributed by atoms with E-state index in [9.17, 15) is 4.79 Å². The van der Waals surface area contributed by atoms with Gasteiger partial charge in [-0.1, -0.05) is 11.2 Å². The highest BCUT2D eigenvalue weighted by molar-refractivity contribution is 5.27. The lowest BCUT2D eigenvalue weighted by atomic mass is 10.3. The second-order valence-corrected chi connectivity index (χ2v) is 3.50. The average Bonchev–Trinajstić information content (AvgIpc) is 2.64. The average molecular weight is 220 g/mol. The number of aromatic amines is 1. The van der Waals surface area contributed by atoms with Crippen molar-refractivity contribution in [2.45, 2.75) is 6.54 Å². The Kier molecular flexibility index (Phi) is 2.67. The molecule has 0 aliphatic heterocycles. The van der Waals surface area contributed by atoms with E-state index in [0.717, 1.165) is 5.69 Å². The largest absolute Gasteiger partial charge is 0.337 e. The topological polar surface area (TPSA) is 79.7 Å². The monoisotopic (exact) mass is 220 g/mol. The smallest absolute Gasteiger partial charge is 0.248 e. The van der Waals surface area contributed by atoms with E-state index in [0.29, 0.717) is 12.5 Å². The molecule has 0 aromatic carbocycles. The number of anilines is 1. The summed E-state index contributed by atoms with van der Waals surface area (Å²) in [7, 11) is 3.62. The first-order valence-electron chi connectivity index (χ1n) is 4.78. The summed E-state index contributed by atoms with van der Waals surface area (Å²) in [5, 5.41) is 11.2. The van der Waals surface area contributed by atoms with Crippen molar-refractivity contribution in [2.75, 3.05) is 11.9 Å². The fourth-order valence-corrected chi connectivity index (χ4v) is 1.46. The number of aromatic nitrogens is 5. The van der Waals surface area contributed by atoms with Crippen molar-refractivity contribution < 1.29 is 0 Å². The van der Waals surface area contributed by atoms with E-state index >= 15 is 0 Å². The zero-order valence-electron chi connectivity index (χ0n) is 9.08. The molecular formula is C9H12N6O. The first-order valence-corrected chi connectivity index (χ1v) is 4.78. The number of H-pyrrole nitrogens is 1. The molecule has 1 N–H and O–H groups in total. The van der Waals surface area contributed by atoms with Crippen LogP contribution >= 0.6 is 0 Å². The first kappa shape index (κ1) is 10.3. The molecule has 0 fully saturated rings. The highest BCUT2D eigenvalue weighted by atomic mass is 16.1. The van der Waals surface area contributed by atoms with E-state index in [1.54, 1.807) is 17.8 Å². The van der Waals surface area contributed by atoms with Crippen molar-refractivity contribution in [3.63, 3.8) is 0 Å². The van der Waals surface area contributed by atoms with Crippen LogP contribution < -0.4 is 10.5 Å². The van der Waals surface area contributed by atoms with Gasteiger partial charge in [0.2, 0.25) is 11.5 Å². The van der Waals surface area contributed by atoms with E-state index in [2.05, 4.69) is 20.5 Å². The van der Waals surface area contributed by atoms with Gasteiger partial charge >= 0.3 is 0 Å². The quantitative estimate of drug-likeness (QED) is 0.756. The number of pyridine rings is 1. The van der Waals surface area contributed by atoms with Crippen LogP contribution in [0.15, 0.2) is 23.0 Å². The van der Waals surface area contributed by atoms with Gasteiger partial charge < -0.3 is 9.88 Å². The van der Waals surface area contributed by atoms with E-state index in [4.69, 9.17) is 0 Å². The third-order valence-electron chi connectivity index (χ3n) is 2.18. The Morgan fingerprint density at radius 1 is 1.50 bits per heavy atom. The van der Waals surface area contributed by atoms with Crippen LogP contribution in [0.1, 0.15) is 5.69 Å². The third-order valence-corrected chi connectivity index (χ3v) is 2.18. The van der Waals surface area contributed by atoms with E-state index < -0.39 is 0 Å². The number of hydrogen-bond acceptors (Lipinski definition) is 5. The van der Waals surface area contributed by atoms with Gasteiger partial charge in [0, 0.05) is 25.9 Å². The van der Waals surface area contributed by atoms with Crippen LogP contribution in [0.2, 0.25) is 0 Å². The van der Waals surface area contributed by atoms with Crippen molar-refractivity contribution in [2.24, 2.45) is 7.05 Å². The summed E-state index contributed by atoms with van der Waals surface area (Å²) in [6, 6.07) is 5.05.